The number of benzene rings is 2. The highest BCUT2D eigenvalue weighted by Crippen LogP contribution is 2.33. The van der Waals surface area contributed by atoms with Gasteiger partial charge < -0.3 is 21.7 Å². The third kappa shape index (κ3) is 5.37. The van der Waals surface area contributed by atoms with Gasteiger partial charge in [-0.1, -0.05) is 18.2 Å². The number of nitrogen functional groups attached to an aromatic ring is 1. The van der Waals surface area contributed by atoms with Crippen LogP contribution in [0.2, 0.25) is 0 Å². The predicted molar refractivity (Wildman–Crippen MR) is 148 cm³/mol. The van der Waals surface area contributed by atoms with Crippen LogP contribution >= 0.6 is 11.3 Å². The van der Waals surface area contributed by atoms with E-state index < -0.39 is 5.41 Å². The number of thiophene rings is 1. The third-order valence-corrected chi connectivity index (χ3v) is 6.97. The van der Waals surface area contributed by atoms with E-state index >= 15 is 0 Å². The number of nitrogens with two attached hydrogens (primary N) is 1. The standard InChI is InChI=1S/C27H27N7O2S/c1-5-30-20-13-31-26-22(34-20)21(29)23(37-26)25(36)33-19-12-18(10-9-15(19)2)32-24(35)16-7-6-8-17(11-16)27(3,4)14-28/h6-13H,5,29H2,1-4H3,(H,30,34)(H,32,35)(H,33,36). The van der Waals surface area contributed by atoms with Crippen molar-refractivity contribution in [1.82, 2.24) is 9.97 Å². The first-order valence-corrected chi connectivity index (χ1v) is 12.5. The number of anilines is 4. The molecule has 2 aromatic carbocycles. The monoisotopic (exact) mass is 513 g/mol. The molecule has 0 saturated carbocycles. The zero-order chi connectivity index (χ0) is 26.7. The summed E-state index contributed by atoms with van der Waals surface area (Å²) in [6.07, 6.45) is 1.61. The second kappa shape index (κ2) is 10.2. The third-order valence-electron chi connectivity index (χ3n) is 5.87. The number of aromatic nitrogens is 2. The van der Waals surface area contributed by atoms with Gasteiger partial charge in [0, 0.05) is 23.5 Å². The zero-order valence-electron chi connectivity index (χ0n) is 21.0. The number of nitriles is 1. The highest BCUT2D eigenvalue weighted by Gasteiger charge is 2.22. The first-order valence-electron chi connectivity index (χ1n) is 11.7. The lowest BCUT2D eigenvalue weighted by atomic mass is 9.85. The summed E-state index contributed by atoms with van der Waals surface area (Å²) in [6.45, 7) is 8.10. The Labute approximate surface area is 218 Å². The number of hydrogen-bond acceptors (Lipinski definition) is 8. The van der Waals surface area contributed by atoms with E-state index in [1.165, 1.54) is 11.3 Å². The number of rotatable bonds is 7. The summed E-state index contributed by atoms with van der Waals surface area (Å²) >= 11 is 1.17. The lowest BCUT2D eigenvalue weighted by Gasteiger charge is -2.17. The number of carbonyl (C=O) groups excluding carboxylic acids is 2. The van der Waals surface area contributed by atoms with Crippen LogP contribution in [0.25, 0.3) is 10.3 Å². The summed E-state index contributed by atoms with van der Waals surface area (Å²) < 4.78 is 0. The van der Waals surface area contributed by atoms with Crippen LogP contribution in [0.15, 0.2) is 48.7 Å². The Balaban J connectivity index is 1.54. The molecule has 188 valence electrons. The highest BCUT2D eigenvalue weighted by atomic mass is 32.1. The topological polar surface area (TPSA) is 146 Å². The lowest BCUT2D eigenvalue weighted by Crippen LogP contribution is -2.17. The smallest absolute Gasteiger partial charge is 0.268 e. The fourth-order valence-corrected chi connectivity index (χ4v) is 4.55. The predicted octanol–water partition coefficient (Wildman–Crippen LogP) is 5.32. The van der Waals surface area contributed by atoms with E-state index in [1.54, 1.807) is 56.4 Å². The van der Waals surface area contributed by atoms with Crippen molar-refractivity contribution in [2.45, 2.75) is 33.1 Å². The van der Waals surface area contributed by atoms with E-state index in [-0.39, 0.29) is 17.5 Å². The van der Waals surface area contributed by atoms with Gasteiger partial charge in [-0.3, -0.25) is 9.59 Å². The Kier molecular flexibility index (Phi) is 7.09. The van der Waals surface area contributed by atoms with Crippen LogP contribution in [0.5, 0.6) is 0 Å². The SMILES string of the molecule is CCNc1cnc2sc(C(=O)Nc3cc(NC(=O)c4cccc(C(C)(C)C#N)c4)ccc3C)c(N)c2n1. The minimum atomic E-state index is -0.717. The summed E-state index contributed by atoms with van der Waals surface area (Å²) in [4.78, 5) is 35.7. The molecule has 2 amide bonds. The zero-order valence-corrected chi connectivity index (χ0v) is 21.8. The number of nitrogens with zero attached hydrogens (tertiary/aromatic N) is 3. The van der Waals surface area contributed by atoms with Gasteiger partial charge in [0.05, 0.1) is 23.4 Å². The highest BCUT2D eigenvalue weighted by molar-refractivity contribution is 7.21. The minimum absolute atomic E-state index is 0.270. The quantitative estimate of drug-likeness (QED) is 0.262. The van der Waals surface area contributed by atoms with E-state index in [2.05, 4.69) is 32.0 Å². The molecule has 0 fully saturated rings. The molecular formula is C27H27N7O2S. The molecule has 37 heavy (non-hydrogen) atoms. The van der Waals surface area contributed by atoms with Crippen molar-refractivity contribution in [3.8, 4) is 6.07 Å². The Bertz CT molecular complexity index is 1550. The average molecular weight is 514 g/mol. The molecule has 0 radical (unpaired) electrons. The van der Waals surface area contributed by atoms with Crippen molar-refractivity contribution in [1.29, 1.82) is 5.26 Å². The fraction of sp³-hybridized carbons (Fsp3) is 0.222. The molecule has 5 N–H and O–H groups in total. The normalized spacial score (nSPS) is 11.1. The van der Waals surface area contributed by atoms with E-state index in [1.807, 2.05) is 19.9 Å². The number of fused-ring (bicyclic) bond motifs is 1. The van der Waals surface area contributed by atoms with Gasteiger partial charge in [-0.15, -0.1) is 11.3 Å². The summed E-state index contributed by atoms with van der Waals surface area (Å²) in [5.74, 6) is -0.114. The maximum Gasteiger partial charge on any atom is 0.268 e. The Hall–Kier alpha value is -4.49. The first kappa shape index (κ1) is 25.6. The van der Waals surface area contributed by atoms with Gasteiger partial charge in [0.2, 0.25) is 0 Å². The summed E-state index contributed by atoms with van der Waals surface area (Å²) in [6, 6.07) is 14.5. The van der Waals surface area contributed by atoms with Crippen molar-refractivity contribution in [3.63, 3.8) is 0 Å². The molecule has 0 spiro atoms. The van der Waals surface area contributed by atoms with Crippen molar-refractivity contribution < 1.29 is 9.59 Å². The average Bonchev–Trinajstić information content (AvgIpc) is 3.22. The Morgan fingerprint density at radius 3 is 2.65 bits per heavy atom. The van der Waals surface area contributed by atoms with Gasteiger partial charge in [-0.05, 0) is 63.1 Å². The number of aryl methyl sites for hydroxylation is 1. The maximum atomic E-state index is 13.1. The van der Waals surface area contributed by atoms with Crippen molar-refractivity contribution in [3.05, 3.63) is 70.2 Å². The second-order valence-corrected chi connectivity index (χ2v) is 10.0. The Morgan fingerprint density at radius 2 is 1.92 bits per heavy atom. The molecule has 0 unspecified atom stereocenters. The van der Waals surface area contributed by atoms with Gasteiger partial charge in [0.1, 0.15) is 21.0 Å². The summed E-state index contributed by atoms with van der Waals surface area (Å²) in [7, 11) is 0. The molecule has 0 aliphatic heterocycles. The van der Waals surface area contributed by atoms with Gasteiger partial charge in [-0.2, -0.15) is 5.26 Å². The van der Waals surface area contributed by atoms with Crippen LogP contribution in [0.1, 0.15) is 51.9 Å². The van der Waals surface area contributed by atoms with Gasteiger partial charge in [0.15, 0.2) is 0 Å². The van der Waals surface area contributed by atoms with E-state index in [0.29, 0.717) is 44.5 Å². The number of hydrogen-bond donors (Lipinski definition) is 4. The largest absolute Gasteiger partial charge is 0.396 e. The van der Waals surface area contributed by atoms with Crippen molar-refractivity contribution in [2.24, 2.45) is 0 Å². The number of nitrogens with one attached hydrogen (secondary N) is 3. The van der Waals surface area contributed by atoms with Crippen LogP contribution in [-0.4, -0.2) is 28.3 Å². The molecule has 2 aromatic heterocycles. The van der Waals surface area contributed by atoms with E-state index in [0.717, 1.165) is 11.1 Å². The minimum Gasteiger partial charge on any atom is -0.396 e. The maximum absolute atomic E-state index is 13.1. The molecule has 0 bridgehead atoms. The molecule has 2 heterocycles. The number of carbonyl (C=O) groups is 2. The fourth-order valence-electron chi connectivity index (χ4n) is 3.65. The molecular weight excluding hydrogens is 486 g/mol. The first-order chi connectivity index (χ1) is 17.6. The van der Waals surface area contributed by atoms with E-state index in [4.69, 9.17) is 5.73 Å². The van der Waals surface area contributed by atoms with Crippen LogP contribution in [0.4, 0.5) is 22.9 Å². The van der Waals surface area contributed by atoms with Crippen LogP contribution < -0.4 is 21.7 Å². The second-order valence-electron chi connectivity index (χ2n) is 9.04. The van der Waals surface area contributed by atoms with Gasteiger partial charge in [-0.25, -0.2) is 9.97 Å². The molecule has 0 saturated heterocycles. The van der Waals surface area contributed by atoms with Crippen LogP contribution in [0, 0.1) is 18.3 Å². The molecule has 4 rings (SSSR count). The Morgan fingerprint density at radius 1 is 1.14 bits per heavy atom. The molecule has 0 aliphatic carbocycles. The van der Waals surface area contributed by atoms with Crippen LogP contribution in [0.3, 0.4) is 0 Å². The molecule has 9 nitrogen and oxygen atoms in total. The summed E-state index contributed by atoms with van der Waals surface area (Å²) in [5, 5.41) is 18.3. The molecule has 10 heteroatoms. The van der Waals surface area contributed by atoms with Gasteiger partial charge >= 0.3 is 0 Å². The molecule has 0 atom stereocenters. The van der Waals surface area contributed by atoms with Crippen molar-refractivity contribution >= 4 is 56.4 Å². The summed E-state index contributed by atoms with van der Waals surface area (Å²) in [5.41, 5.74) is 9.33. The molecule has 0 aliphatic rings. The van der Waals surface area contributed by atoms with Crippen LogP contribution in [-0.2, 0) is 5.41 Å². The lowest BCUT2D eigenvalue weighted by molar-refractivity contribution is 0.102. The van der Waals surface area contributed by atoms with Gasteiger partial charge in [0.25, 0.3) is 11.8 Å². The molecule has 4 aromatic rings. The number of amides is 2. The van der Waals surface area contributed by atoms with E-state index in [9.17, 15) is 14.9 Å². The van der Waals surface area contributed by atoms with Crippen molar-refractivity contribution in [2.75, 3.05) is 28.2 Å².